The van der Waals surface area contributed by atoms with Crippen LogP contribution in [0.5, 0.6) is 0 Å². The second-order valence-corrected chi connectivity index (χ2v) is 4.76. The van der Waals surface area contributed by atoms with Gasteiger partial charge in [0.1, 0.15) is 17.9 Å². The van der Waals surface area contributed by atoms with Gasteiger partial charge in [0.05, 0.1) is 6.42 Å². The third-order valence-electron chi connectivity index (χ3n) is 3.21. The van der Waals surface area contributed by atoms with Gasteiger partial charge in [0.2, 0.25) is 0 Å². The largest absolute Gasteiger partial charge is 0.326 e. The maximum Gasteiger partial charge on any atom is 0.144 e. The highest BCUT2D eigenvalue weighted by Gasteiger charge is 2.12. The van der Waals surface area contributed by atoms with Crippen LogP contribution in [0.15, 0.2) is 30.6 Å². The predicted octanol–water partition coefficient (Wildman–Crippen LogP) is 1.50. The SMILES string of the molecule is CCCn1ncnc1CC(=O)Cc1ccccc1CN. The second kappa shape index (κ2) is 6.96. The molecule has 0 aliphatic rings. The molecular weight excluding hydrogens is 252 g/mol. The Hall–Kier alpha value is -2.01. The molecule has 0 amide bonds. The zero-order valence-corrected chi connectivity index (χ0v) is 11.7. The zero-order chi connectivity index (χ0) is 14.4. The maximum atomic E-state index is 12.2. The Morgan fingerprint density at radius 3 is 2.70 bits per heavy atom. The van der Waals surface area contributed by atoms with E-state index in [1.165, 1.54) is 6.33 Å². The quantitative estimate of drug-likeness (QED) is 0.829. The first-order valence-corrected chi connectivity index (χ1v) is 6.89. The van der Waals surface area contributed by atoms with Gasteiger partial charge in [0, 0.05) is 19.5 Å². The Kier molecular flexibility index (Phi) is 5.01. The van der Waals surface area contributed by atoms with Crippen LogP contribution < -0.4 is 5.73 Å². The molecule has 2 N–H and O–H groups in total. The van der Waals surface area contributed by atoms with Crippen LogP contribution in [0.1, 0.15) is 30.3 Å². The van der Waals surface area contributed by atoms with Crippen LogP contribution in [0.25, 0.3) is 0 Å². The molecule has 0 atom stereocenters. The summed E-state index contributed by atoms with van der Waals surface area (Å²) < 4.78 is 1.80. The Balaban J connectivity index is 2.03. The lowest BCUT2D eigenvalue weighted by Gasteiger charge is -2.07. The number of hydrogen-bond acceptors (Lipinski definition) is 4. The Morgan fingerprint density at radius 1 is 1.25 bits per heavy atom. The van der Waals surface area contributed by atoms with Gasteiger partial charge in [0.15, 0.2) is 0 Å². The van der Waals surface area contributed by atoms with Crippen molar-refractivity contribution in [3.05, 3.63) is 47.5 Å². The first-order valence-electron chi connectivity index (χ1n) is 6.89. The lowest BCUT2D eigenvalue weighted by Crippen LogP contribution is -2.14. The van der Waals surface area contributed by atoms with Crippen molar-refractivity contribution < 1.29 is 4.79 Å². The number of carbonyl (C=O) groups is 1. The van der Waals surface area contributed by atoms with E-state index in [9.17, 15) is 4.79 Å². The number of hydrogen-bond donors (Lipinski definition) is 1. The fourth-order valence-electron chi connectivity index (χ4n) is 2.20. The van der Waals surface area contributed by atoms with Crippen LogP contribution in [0.4, 0.5) is 0 Å². The molecular formula is C15H20N4O. The van der Waals surface area contributed by atoms with Gasteiger partial charge in [-0.05, 0) is 17.5 Å². The van der Waals surface area contributed by atoms with E-state index in [1.54, 1.807) is 4.68 Å². The average molecular weight is 272 g/mol. The van der Waals surface area contributed by atoms with Crippen molar-refractivity contribution in [2.24, 2.45) is 5.73 Å². The lowest BCUT2D eigenvalue weighted by atomic mass is 10.0. The highest BCUT2D eigenvalue weighted by Crippen LogP contribution is 2.10. The van der Waals surface area contributed by atoms with Crippen LogP contribution in [-0.2, 0) is 30.7 Å². The van der Waals surface area contributed by atoms with Crippen molar-refractivity contribution in [2.75, 3.05) is 0 Å². The minimum Gasteiger partial charge on any atom is -0.326 e. The molecule has 0 aliphatic heterocycles. The van der Waals surface area contributed by atoms with E-state index in [4.69, 9.17) is 5.73 Å². The molecule has 0 radical (unpaired) electrons. The fourth-order valence-corrected chi connectivity index (χ4v) is 2.20. The van der Waals surface area contributed by atoms with Crippen LogP contribution in [0.3, 0.4) is 0 Å². The van der Waals surface area contributed by atoms with E-state index in [0.29, 0.717) is 19.4 Å². The predicted molar refractivity (Wildman–Crippen MR) is 77.1 cm³/mol. The first-order chi connectivity index (χ1) is 9.74. The summed E-state index contributed by atoms with van der Waals surface area (Å²) in [6.45, 7) is 3.32. The van der Waals surface area contributed by atoms with E-state index < -0.39 is 0 Å². The van der Waals surface area contributed by atoms with E-state index >= 15 is 0 Å². The van der Waals surface area contributed by atoms with Crippen LogP contribution in [-0.4, -0.2) is 20.5 Å². The highest BCUT2D eigenvalue weighted by molar-refractivity contribution is 5.82. The molecule has 0 fully saturated rings. The number of benzene rings is 1. The van der Waals surface area contributed by atoms with Gasteiger partial charge in [0.25, 0.3) is 0 Å². The van der Waals surface area contributed by atoms with Crippen LogP contribution >= 0.6 is 0 Å². The molecule has 5 heteroatoms. The van der Waals surface area contributed by atoms with Crippen LogP contribution in [0, 0.1) is 0 Å². The summed E-state index contributed by atoms with van der Waals surface area (Å²) in [4.78, 5) is 16.3. The van der Waals surface area contributed by atoms with E-state index in [2.05, 4.69) is 17.0 Å². The van der Waals surface area contributed by atoms with Gasteiger partial charge in [-0.1, -0.05) is 31.2 Å². The Bertz CT molecular complexity index is 577. The molecule has 2 aromatic rings. The third-order valence-corrected chi connectivity index (χ3v) is 3.21. The summed E-state index contributed by atoms with van der Waals surface area (Å²) in [6, 6.07) is 7.79. The Morgan fingerprint density at radius 2 is 2.00 bits per heavy atom. The van der Waals surface area contributed by atoms with Gasteiger partial charge >= 0.3 is 0 Å². The molecule has 0 aliphatic carbocycles. The van der Waals surface area contributed by atoms with Gasteiger partial charge in [-0.15, -0.1) is 0 Å². The minimum absolute atomic E-state index is 0.135. The monoisotopic (exact) mass is 272 g/mol. The topological polar surface area (TPSA) is 73.8 Å². The number of aryl methyl sites for hydroxylation is 1. The van der Waals surface area contributed by atoms with Crippen LogP contribution in [0.2, 0.25) is 0 Å². The molecule has 0 spiro atoms. The molecule has 5 nitrogen and oxygen atoms in total. The molecule has 106 valence electrons. The van der Waals surface area contributed by atoms with E-state index in [0.717, 1.165) is 29.9 Å². The molecule has 0 saturated carbocycles. The highest BCUT2D eigenvalue weighted by atomic mass is 16.1. The minimum atomic E-state index is 0.135. The van der Waals surface area contributed by atoms with Crippen molar-refractivity contribution >= 4 is 5.78 Å². The first kappa shape index (κ1) is 14.4. The van der Waals surface area contributed by atoms with Gasteiger partial charge in [-0.3, -0.25) is 4.79 Å². The second-order valence-electron chi connectivity index (χ2n) is 4.76. The van der Waals surface area contributed by atoms with E-state index in [-0.39, 0.29) is 5.78 Å². The molecule has 0 unspecified atom stereocenters. The number of aromatic nitrogens is 3. The number of ketones is 1. The van der Waals surface area contributed by atoms with Gasteiger partial charge in [-0.2, -0.15) is 5.10 Å². The number of carbonyl (C=O) groups excluding carboxylic acids is 1. The lowest BCUT2D eigenvalue weighted by molar-refractivity contribution is -0.118. The molecule has 0 saturated heterocycles. The molecule has 0 bridgehead atoms. The number of nitrogens with zero attached hydrogens (tertiary/aromatic N) is 3. The normalized spacial score (nSPS) is 10.7. The maximum absolute atomic E-state index is 12.2. The van der Waals surface area contributed by atoms with E-state index in [1.807, 2.05) is 24.3 Å². The summed E-state index contributed by atoms with van der Waals surface area (Å²) in [7, 11) is 0. The smallest absolute Gasteiger partial charge is 0.144 e. The summed E-state index contributed by atoms with van der Waals surface area (Å²) in [6.07, 6.45) is 3.19. The molecule has 1 heterocycles. The van der Waals surface area contributed by atoms with Crippen molar-refractivity contribution in [1.29, 1.82) is 0 Å². The number of rotatable bonds is 7. The third kappa shape index (κ3) is 3.51. The van der Waals surface area contributed by atoms with Crippen molar-refractivity contribution in [3.63, 3.8) is 0 Å². The Labute approximate surface area is 118 Å². The molecule has 1 aromatic heterocycles. The van der Waals surface area contributed by atoms with Crippen molar-refractivity contribution in [2.45, 2.75) is 39.3 Å². The fraction of sp³-hybridized carbons (Fsp3) is 0.400. The van der Waals surface area contributed by atoms with Gasteiger partial charge in [-0.25, -0.2) is 9.67 Å². The number of nitrogens with two attached hydrogens (primary N) is 1. The van der Waals surface area contributed by atoms with Crippen molar-refractivity contribution in [1.82, 2.24) is 14.8 Å². The average Bonchev–Trinajstić information content (AvgIpc) is 2.87. The summed E-state index contributed by atoms with van der Waals surface area (Å²) in [5, 5.41) is 4.13. The summed E-state index contributed by atoms with van der Waals surface area (Å²) >= 11 is 0. The number of Topliss-reactive ketones (excluding diaryl/α,β-unsaturated/α-hetero) is 1. The summed E-state index contributed by atoms with van der Waals surface area (Å²) in [5.74, 6) is 0.873. The molecule has 2 rings (SSSR count). The zero-order valence-electron chi connectivity index (χ0n) is 11.7. The van der Waals surface area contributed by atoms with Crippen molar-refractivity contribution in [3.8, 4) is 0 Å². The molecule has 1 aromatic carbocycles. The summed E-state index contributed by atoms with van der Waals surface area (Å²) in [5.41, 5.74) is 7.71. The standard InChI is InChI=1S/C15H20N4O/c1-2-7-19-15(17-11-18-19)9-14(20)8-12-5-3-4-6-13(12)10-16/h3-6,11H,2,7-10,16H2,1H3. The van der Waals surface area contributed by atoms with Gasteiger partial charge < -0.3 is 5.73 Å². The molecule has 20 heavy (non-hydrogen) atoms.